The first-order valence-electron chi connectivity index (χ1n) is 8.76. The highest BCUT2D eigenvalue weighted by Crippen LogP contribution is 2.24. The molecule has 28 heavy (non-hydrogen) atoms. The summed E-state index contributed by atoms with van der Waals surface area (Å²) in [7, 11) is 1.42. The number of methoxy groups -OCH3 is 1. The van der Waals surface area contributed by atoms with Crippen molar-refractivity contribution < 1.29 is 28.2 Å². The Morgan fingerprint density at radius 3 is 2.61 bits per heavy atom. The van der Waals surface area contributed by atoms with E-state index in [0.29, 0.717) is 24.3 Å². The first-order valence-corrected chi connectivity index (χ1v) is 8.76. The summed E-state index contributed by atoms with van der Waals surface area (Å²) in [5.41, 5.74) is 0.236. The number of hydrogen-bond acceptors (Lipinski definition) is 4. The molecule has 0 bridgehead atoms. The molecular weight excluding hydrogens is 372 g/mol. The summed E-state index contributed by atoms with van der Waals surface area (Å²) in [5, 5.41) is 15.5. The average Bonchev–Trinajstić information content (AvgIpc) is 3.04. The van der Waals surface area contributed by atoms with Crippen LogP contribution in [0.4, 0.5) is 8.78 Å². The number of ether oxygens (including phenoxy) is 1. The number of carboxylic acids is 1. The number of amides is 1. The molecule has 152 valence electrons. The molecule has 7 nitrogen and oxygen atoms in total. The van der Waals surface area contributed by atoms with Crippen LogP contribution in [-0.4, -0.2) is 40.4 Å². The number of benzene rings is 1. The Bertz CT molecular complexity index is 850. The smallest absolute Gasteiger partial charge is 0.335 e. The zero-order chi connectivity index (χ0) is 20.8. The standard InChI is InChI=1S/C19H23F2N3O4/c1-11(2)10-24-16(17(20)21)14(9-23-24)18(25)22-7-6-12-4-5-13(19(26)27)8-15(12)28-3/h4-5,8-9,11,17H,6-7,10H2,1-3H3,(H,22,25)(H,26,27). The minimum absolute atomic E-state index is 0.0868. The lowest BCUT2D eigenvalue weighted by molar-refractivity contribution is 0.0696. The second-order valence-electron chi connectivity index (χ2n) is 6.66. The van der Waals surface area contributed by atoms with Crippen LogP contribution < -0.4 is 10.1 Å². The van der Waals surface area contributed by atoms with E-state index in [9.17, 15) is 18.4 Å². The highest BCUT2D eigenvalue weighted by atomic mass is 19.3. The summed E-state index contributed by atoms with van der Waals surface area (Å²) in [6.45, 7) is 4.21. The zero-order valence-electron chi connectivity index (χ0n) is 15.9. The van der Waals surface area contributed by atoms with Crippen molar-refractivity contribution in [2.24, 2.45) is 5.92 Å². The van der Waals surface area contributed by atoms with E-state index >= 15 is 0 Å². The Morgan fingerprint density at radius 2 is 2.04 bits per heavy atom. The third-order valence-electron chi connectivity index (χ3n) is 4.08. The molecular formula is C19H23F2N3O4. The molecule has 9 heteroatoms. The second-order valence-corrected chi connectivity index (χ2v) is 6.66. The van der Waals surface area contributed by atoms with E-state index in [-0.39, 0.29) is 23.6 Å². The van der Waals surface area contributed by atoms with Crippen molar-refractivity contribution in [2.45, 2.75) is 33.2 Å². The van der Waals surface area contributed by atoms with Crippen LogP contribution in [0, 0.1) is 5.92 Å². The second kappa shape index (κ2) is 9.29. The number of carboxylic acid groups (broad SMARTS) is 1. The zero-order valence-corrected chi connectivity index (χ0v) is 15.9. The van der Waals surface area contributed by atoms with Crippen molar-refractivity contribution in [2.75, 3.05) is 13.7 Å². The molecule has 0 atom stereocenters. The van der Waals surface area contributed by atoms with Gasteiger partial charge in [0.05, 0.1) is 24.4 Å². The summed E-state index contributed by atoms with van der Waals surface area (Å²) < 4.78 is 33.2. The molecule has 2 rings (SSSR count). The number of nitrogens with zero attached hydrogens (tertiary/aromatic N) is 2. The van der Waals surface area contributed by atoms with E-state index in [1.807, 2.05) is 13.8 Å². The summed E-state index contributed by atoms with van der Waals surface area (Å²) in [5.74, 6) is -1.22. The van der Waals surface area contributed by atoms with Crippen LogP contribution in [0.3, 0.4) is 0 Å². The molecule has 0 unspecified atom stereocenters. The molecule has 2 aromatic rings. The van der Waals surface area contributed by atoms with Gasteiger partial charge in [-0.3, -0.25) is 9.48 Å². The van der Waals surface area contributed by atoms with Crippen molar-refractivity contribution >= 4 is 11.9 Å². The largest absolute Gasteiger partial charge is 0.496 e. The van der Waals surface area contributed by atoms with Crippen LogP contribution in [0.2, 0.25) is 0 Å². The molecule has 1 aromatic carbocycles. The van der Waals surface area contributed by atoms with E-state index in [1.54, 1.807) is 6.07 Å². The van der Waals surface area contributed by atoms with Crippen molar-refractivity contribution in [1.82, 2.24) is 15.1 Å². The van der Waals surface area contributed by atoms with Gasteiger partial charge in [-0.1, -0.05) is 19.9 Å². The molecule has 0 saturated carbocycles. The lowest BCUT2D eigenvalue weighted by Crippen LogP contribution is -2.27. The van der Waals surface area contributed by atoms with E-state index < -0.39 is 24.0 Å². The number of aromatic nitrogens is 2. The SMILES string of the molecule is COc1cc(C(=O)O)ccc1CCNC(=O)c1cnn(CC(C)C)c1C(F)F. The number of alkyl halides is 2. The molecule has 1 heterocycles. The fraction of sp³-hybridized carbons (Fsp3) is 0.421. The van der Waals surface area contributed by atoms with Crippen molar-refractivity contribution in [3.8, 4) is 5.75 Å². The maximum absolute atomic E-state index is 13.4. The van der Waals surface area contributed by atoms with E-state index in [0.717, 1.165) is 10.9 Å². The van der Waals surface area contributed by atoms with Crippen LogP contribution in [0.15, 0.2) is 24.4 Å². The minimum Gasteiger partial charge on any atom is -0.496 e. The molecule has 0 spiro atoms. The number of carbonyl (C=O) groups is 2. The maximum Gasteiger partial charge on any atom is 0.335 e. The third-order valence-corrected chi connectivity index (χ3v) is 4.08. The Hall–Kier alpha value is -2.97. The van der Waals surface area contributed by atoms with Gasteiger partial charge in [0, 0.05) is 13.1 Å². The molecule has 0 aliphatic carbocycles. The molecule has 0 aliphatic heterocycles. The molecule has 0 fully saturated rings. The Labute approximate surface area is 161 Å². The number of hydrogen-bond donors (Lipinski definition) is 2. The normalized spacial score (nSPS) is 11.1. The number of rotatable bonds is 9. The summed E-state index contributed by atoms with van der Waals surface area (Å²) >= 11 is 0. The van der Waals surface area contributed by atoms with Gasteiger partial charge in [-0.2, -0.15) is 5.10 Å². The molecule has 0 saturated heterocycles. The van der Waals surface area contributed by atoms with Crippen molar-refractivity contribution in [1.29, 1.82) is 0 Å². The predicted octanol–water partition coefficient (Wildman–Crippen LogP) is 3.16. The lowest BCUT2D eigenvalue weighted by Gasteiger charge is -2.12. The van der Waals surface area contributed by atoms with Crippen molar-refractivity contribution in [3.05, 3.63) is 46.8 Å². The monoisotopic (exact) mass is 395 g/mol. The van der Waals surface area contributed by atoms with Gasteiger partial charge in [-0.25, -0.2) is 13.6 Å². The summed E-state index contributed by atoms with van der Waals surface area (Å²) in [6, 6.07) is 4.43. The van der Waals surface area contributed by atoms with Gasteiger partial charge in [0.15, 0.2) is 0 Å². The Morgan fingerprint density at radius 1 is 1.32 bits per heavy atom. The Balaban J connectivity index is 2.07. The fourth-order valence-electron chi connectivity index (χ4n) is 2.78. The maximum atomic E-state index is 13.4. The van der Waals surface area contributed by atoms with Gasteiger partial charge >= 0.3 is 5.97 Å². The van der Waals surface area contributed by atoms with Gasteiger partial charge in [0.1, 0.15) is 11.4 Å². The predicted molar refractivity (Wildman–Crippen MR) is 98.0 cm³/mol. The fourth-order valence-corrected chi connectivity index (χ4v) is 2.78. The number of nitrogens with one attached hydrogen (secondary N) is 1. The third kappa shape index (κ3) is 5.05. The topological polar surface area (TPSA) is 93.4 Å². The van der Waals surface area contributed by atoms with E-state index in [1.165, 1.54) is 19.2 Å². The first kappa shape index (κ1) is 21.3. The van der Waals surface area contributed by atoms with E-state index in [4.69, 9.17) is 9.84 Å². The molecule has 1 amide bonds. The molecule has 0 radical (unpaired) electrons. The molecule has 2 N–H and O–H groups in total. The molecule has 0 aliphatic rings. The van der Waals surface area contributed by atoms with Gasteiger partial charge in [0.25, 0.3) is 12.3 Å². The highest BCUT2D eigenvalue weighted by Gasteiger charge is 2.24. The first-order chi connectivity index (χ1) is 13.2. The Kier molecular flexibility index (Phi) is 7.08. The molecule has 1 aromatic heterocycles. The summed E-state index contributed by atoms with van der Waals surface area (Å²) in [6.07, 6.45) is -1.31. The van der Waals surface area contributed by atoms with Crippen LogP contribution >= 0.6 is 0 Å². The van der Waals surface area contributed by atoms with E-state index in [2.05, 4.69) is 10.4 Å². The van der Waals surface area contributed by atoms with Gasteiger partial charge in [0.2, 0.25) is 0 Å². The van der Waals surface area contributed by atoms with Crippen LogP contribution in [0.25, 0.3) is 0 Å². The van der Waals surface area contributed by atoms with Crippen LogP contribution in [0.1, 0.15) is 52.2 Å². The highest BCUT2D eigenvalue weighted by molar-refractivity contribution is 5.95. The minimum atomic E-state index is -2.81. The van der Waals surface area contributed by atoms with Gasteiger partial charge in [-0.05, 0) is 30.0 Å². The van der Waals surface area contributed by atoms with Crippen LogP contribution in [-0.2, 0) is 13.0 Å². The lowest BCUT2D eigenvalue weighted by atomic mass is 10.1. The number of aromatic carboxylic acids is 1. The quantitative estimate of drug-likeness (QED) is 0.680. The van der Waals surface area contributed by atoms with Gasteiger partial charge < -0.3 is 15.2 Å². The van der Waals surface area contributed by atoms with Crippen LogP contribution in [0.5, 0.6) is 5.75 Å². The number of halogens is 2. The average molecular weight is 395 g/mol. The van der Waals surface area contributed by atoms with Gasteiger partial charge in [-0.15, -0.1) is 0 Å². The van der Waals surface area contributed by atoms with Crippen molar-refractivity contribution in [3.63, 3.8) is 0 Å². The summed E-state index contributed by atoms with van der Waals surface area (Å²) in [4.78, 5) is 23.4. The number of carbonyl (C=O) groups excluding carboxylic acids is 1.